The third-order valence-electron chi connectivity index (χ3n) is 4.40. The number of amides is 2. The number of amidine groups is 1. The number of hydrogen-bond acceptors (Lipinski definition) is 5. The molecular weight excluding hydrogens is 405 g/mol. The molecule has 8 heteroatoms. The highest BCUT2D eigenvalue weighted by Gasteiger charge is 2.15. The summed E-state index contributed by atoms with van der Waals surface area (Å²) in [5.41, 5.74) is 0.789. The van der Waals surface area contributed by atoms with E-state index in [1.807, 2.05) is 18.2 Å². The summed E-state index contributed by atoms with van der Waals surface area (Å²) in [7, 11) is 0. The molecule has 0 spiro atoms. The molecule has 3 aromatic rings. The van der Waals surface area contributed by atoms with Crippen LogP contribution < -0.4 is 15.4 Å². The van der Waals surface area contributed by atoms with Gasteiger partial charge < -0.3 is 15.4 Å². The van der Waals surface area contributed by atoms with E-state index < -0.39 is 5.82 Å². The van der Waals surface area contributed by atoms with E-state index in [0.717, 1.165) is 5.75 Å². The van der Waals surface area contributed by atoms with Crippen molar-refractivity contribution in [3.8, 4) is 5.75 Å². The average Bonchev–Trinajstić information content (AvgIpc) is 3.25. The first kappa shape index (κ1) is 19.9. The molecule has 0 fully saturated rings. The molecular formula is C22H18FN3O3S. The maximum absolute atomic E-state index is 13.4. The van der Waals surface area contributed by atoms with Crippen LogP contribution in [0.1, 0.15) is 10.4 Å². The highest BCUT2D eigenvalue weighted by Crippen LogP contribution is 2.29. The second kappa shape index (κ2) is 8.96. The number of nitrogens with zero attached hydrogens (tertiary/aromatic N) is 1. The number of fused-ring (bicyclic) bond motifs is 1. The minimum atomic E-state index is -0.429. The molecule has 6 nitrogen and oxygen atoms in total. The van der Waals surface area contributed by atoms with Crippen LogP contribution in [0.3, 0.4) is 0 Å². The minimum Gasteiger partial charge on any atom is -0.483 e. The van der Waals surface area contributed by atoms with Gasteiger partial charge in [0.1, 0.15) is 11.6 Å². The molecule has 3 aromatic carbocycles. The van der Waals surface area contributed by atoms with Crippen molar-refractivity contribution in [2.24, 2.45) is 4.99 Å². The fraction of sp³-hybridized carbons (Fsp3) is 0.136. The number of halogens is 1. The van der Waals surface area contributed by atoms with Gasteiger partial charge in [-0.25, -0.2) is 4.39 Å². The molecule has 1 aliphatic rings. The van der Waals surface area contributed by atoms with Gasteiger partial charge >= 0.3 is 0 Å². The van der Waals surface area contributed by atoms with Crippen LogP contribution in [-0.2, 0) is 4.79 Å². The number of carbonyl (C=O) groups is 2. The van der Waals surface area contributed by atoms with E-state index in [0.29, 0.717) is 39.5 Å². The molecule has 30 heavy (non-hydrogen) atoms. The van der Waals surface area contributed by atoms with Crippen molar-refractivity contribution in [2.75, 3.05) is 24.2 Å². The SMILES string of the molecule is O=C(COc1ccc(C(=O)Nc2cccc(F)c2)c2ccccc12)NC1=NCCS1. The van der Waals surface area contributed by atoms with Crippen LogP contribution in [0.15, 0.2) is 65.7 Å². The Morgan fingerprint density at radius 1 is 1.03 bits per heavy atom. The molecule has 0 atom stereocenters. The highest BCUT2D eigenvalue weighted by atomic mass is 32.2. The molecule has 2 N–H and O–H groups in total. The van der Waals surface area contributed by atoms with E-state index in [2.05, 4.69) is 15.6 Å². The Hall–Kier alpha value is -3.39. The number of anilines is 1. The van der Waals surface area contributed by atoms with Crippen LogP contribution in [0, 0.1) is 5.82 Å². The van der Waals surface area contributed by atoms with E-state index in [1.54, 1.807) is 24.3 Å². The Balaban J connectivity index is 1.52. The van der Waals surface area contributed by atoms with Crippen molar-refractivity contribution < 1.29 is 18.7 Å². The molecule has 1 heterocycles. The van der Waals surface area contributed by atoms with Crippen molar-refractivity contribution >= 4 is 45.2 Å². The molecule has 0 unspecified atom stereocenters. The van der Waals surface area contributed by atoms with Gasteiger partial charge in [-0.1, -0.05) is 42.1 Å². The predicted molar refractivity (Wildman–Crippen MR) is 117 cm³/mol. The molecule has 0 saturated heterocycles. The number of rotatable bonds is 5. The number of aliphatic imine (C=N–C) groups is 1. The van der Waals surface area contributed by atoms with Crippen LogP contribution in [0.2, 0.25) is 0 Å². The van der Waals surface area contributed by atoms with E-state index in [-0.39, 0.29) is 18.4 Å². The summed E-state index contributed by atoms with van der Waals surface area (Å²) in [5, 5.41) is 7.39. The maximum Gasteiger partial charge on any atom is 0.263 e. The average molecular weight is 423 g/mol. The fourth-order valence-corrected chi connectivity index (χ4v) is 3.81. The summed E-state index contributed by atoms with van der Waals surface area (Å²) in [5.74, 6) is 0.267. The Bertz CT molecular complexity index is 1150. The van der Waals surface area contributed by atoms with Crippen LogP contribution >= 0.6 is 11.8 Å². The zero-order chi connectivity index (χ0) is 20.9. The minimum absolute atomic E-state index is 0.168. The van der Waals surface area contributed by atoms with Gasteiger partial charge in [0.15, 0.2) is 11.8 Å². The quantitative estimate of drug-likeness (QED) is 0.654. The van der Waals surface area contributed by atoms with Crippen molar-refractivity contribution in [3.63, 3.8) is 0 Å². The largest absolute Gasteiger partial charge is 0.483 e. The summed E-state index contributed by atoms with van der Waals surface area (Å²) in [6.45, 7) is 0.531. The first-order valence-corrected chi connectivity index (χ1v) is 10.3. The lowest BCUT2D eigenvalue weighted by Gasteiger charge is -2.13. The van der Waals surface area contributed by atoms with E-state index in [9.17, 15) is 14.0 Å². The molecule has 0 radical (unpaired) electrons. The lowest BCUT2D eigenvalue weighted by atomic mass is 10.0. The Morgan fingerprint density at radius 2 is 1.87 bits per heavy atom. The number of carbonyl (C=O) groups excluding carboxylic acids is 2. The van der Waals surface area contributed by atoms with Gasteiger partial charge in [-0.2, -0.15) is 0 Å². The van der Waals surface area contributed by atoms with Crippen LogP contribution in [0.4, 0.5) is 10.1 Å². The van der Waals surface area contributed by atoms with Crippen LogP contribution in [0.25, 0.3) is 10.8 Å². The lowest BCUT2D eigenvalue weighted by Crippen LogP contribution is -2.32. The van der Waals surface area contributed by atoms with E-state index >= 15 is 0 Å². The monoisotopic (exact) mass is 423 g/mol. The standard InChI is InChI=1S/C22H18FN3O3S/c23-14-4-3-5-15(12-14)25-21(28)18-8-9-19(17-7-2-1-6-16(17)18)29-13-20(27)26-22-24-10-11-30-22/h1-9,12H,10-11,13H2,(H,25,28)(H,24,26,27). The number of hydrogen-bond donors (Lipinski definition) is 2. The first-order valence-electron chi connectivity index (χ1n) is 9.29. The van der Waals surface area contributed by atoms with Crippen LogP contribution in [-0.4, -0.2) is 35.9 Å². The molecule has 0 aromatic heterocycles. The van der Waals surface area contributed by atoms with Gasteiger partial charge in [-0.05, 0) is 35.7 Å². The number of thioether (sulfide) groups is 1. The van der Waals surface area contributed by atoms with E-state index in [1.165, 1.54) is 30.0 Å². The topological polar surface area (TPSA) is 79.8 Å². The normalized spacial score (nSPS) is 13.0. The Morgan fingerprint density at radius 3 is 2.63 bits per heavy atom. The summed E-state index contributed by atoms with van der Waals surface area (Å²) >= 11 is 1.50. The van der Waals surface area contributed by atoms with Crippen LogP contribution in [0.5, 0.6) is 5.75 Å². The third-order valence-corrected chi connectivity index (χ3v) is 5.29. The van der Waals surface area contributed by atoms with Crippen molar-refractivity contribution in [2.45, 2.75) is 0 Å². The molecule has 2 amide bonds. The van der Waals surface area contributed by atoms with Crippen molar-refractivity contribution in [1.29, 1.82) is 0 Å². The number of ether oxygens (including phenoxy) is 1. The zero-order valence-corrected chi connectivity index (χ0v) is 16.7. The number of nitrogens with one attached hydrogen (secondary N) is 2. The zero-order valence-electron chi connectivity index (χ0n) is 15.9. The van der Waals surface area contributed by atoms with Gasteiger partial charge in [0.2, 0.25) is 0 Å². The summed E-state index contributed by atoms with van der Waals surface area (Å²) < 4.78 is 19.1. The molecule has 152 valence electrons. The Kier molecular flexibility index (Phi) is 5.94. The fourth-order valence-electron chi connectivity index (χ4n) is 3.07. The molecule has 0 bridgehead atoms. The predicted octanol–water partition coefficient (Wildman–Crippen LogP) is 3.83. The molecule has 0 saturated carbocycles. The third kappa shape index (κ3) is 4.60. The molecule has 4 rings (SSSR count). The second-order valence-corrected chi connectivity index (χ2v) is 7.58. The number of benzene rings is 3. The smallest absolute Gasteiger partial charge is 0.263 e. The summed E-state index contributed by atoms with van der Waals surface area (Å²) in [6, 6.07) is 16.2. The van der Waals surface area contributed by atoms with Gasteiger partial charge in [-0.3, -0.25) is 14.6 Å². The van der Waals surface area contributed by atoms with Gasteiger partial charge in [0.25, 0.3) is 11.8 Å². The van der Waals surface area contributed by atoms with Crippen molar-refractivity contribution in [3.05, 3.63) is 72.0 Å². The summed E-state index contributed by atoms with van der Waals surface area (Å²) in [4.78, 5) is 29.0. The highest BCUT2D eigenvalue weighted by molar-refractivity contribution is 8.14. The van der Waals surface area contributed by atoms with Crippen molar-refractivity contribution in [1.82, 2.24) is 5.32 Å². The Labute approximate surface area is 176 Å². The molecule has 0 aliphatic carbocycles. The lowest BCUT2D eigenvalue weighted by molar-refractivity contribution is -0.121. The van der Waals surface area contributed by atoms with Gasteiger partial charge in [-0.15, -0.1) is 0 Å². The van der Waals surface area contributed by atoms with Gasteiger partial charge in [0, 0.05) is 22.4 Å². The maximum atomic E-state index is 13.4. The summed E-state index contributed by atoms with van der Waals surface area (Å²) in [6.07, 6.45) is 0. The van der Waals surface area contributed by atoms with Gasteiger partial charge in [0.05, 0.1) is 6.54 Å². The first-order chi connectivity index (χ1) is 14.6. The second-order valence-electron chi connectivity index (χ2n) is 6.49. The molecule has 1 aliphatic heterocycles. The van der Waals surface area contributed by atoms with E-state index in [4.69, 9.17) is 4.74 Å².